The molecule has 1 aromatic carbocycles. The van der Waals surface area contributed by atoms with Gasteiger partial charge in [-0.1, -0.05) is 12.1 Å². The number of aromatic nitrogens is 2. The topological polar surface area (TPSA) is 75.4 Å². The molecule has 3 rings (SSSR count). The number of nitrogens with zero attached hydrogens (tertiary/aromatic N) is 3. The van der Waals surface area contributed by atoms with E-state index in [2.05, 4.69) is 5.10 Å². The molecule has 0 amide bonds. The quantitative estimate of drug-likeness (QED) is 0.915. The number of aliphatic hydroxyl groups excluding tert-OH is 1. The van der Waals surface area contributed by atoms with E-state index in [0.717, 1.165) is 0 Å². The average molecular weight is 325 g/mol. The van der Waals surface area contributed by atoms with E-state index in [9.17, 15) is 17.9 Å². The maximum absolute atomic E-state index is 13.1. The molecule has 0 aliphatic carbocycles. The Hall–Kier alpha value is -1.77. The van der Waals surface area contributed by atoms with E-state index in [1.165, 1.54) is 33.5 Å². The van der Waals surface area contributed by atoms with Gasteiger partial charge < -0.3 is 5.11 Å². The minimum absolute atomic E-state index is 0.0132. The molecule has 118 valence electrons. The lowest BCUT2D eigenvalue weighted by Gasteiger charge is -2.23. The van der Waals surface area contributed by atoms with Crippen LogP contribution in [0.1, 0.15) is 18.0 Å². The van der Waals surface area contributed by atoms with Crippen LogP contribution in [0.15, 0.2) is 41.6 Å². The highest BCUT2D eigenvalue weighted by atomic mass is 32.2. The third-order valence-electron chi connectivity index (χ3n) is 3.78. The maximum Gasteiger partial charge on any atom is 0.246 e. The Morgan fingerprint density at radius 1 is 1.32 bits per heavy atom. The Bertz CT molecular complexity index is 773. The third kappa shape index (κ3) is 2.65. The molecule has 1 fully saturated rings. The molecule has 8 heteroatoms. The largest absolute Gasteiger partial charge is 0.392 e. The molecule has 1 aromatic heterocycles. The molecular weight excluding hydrogens is 309 g/mol. The maximum atomic E-state index is 13.1. The van der Waals surface area contributed by atoms with Crippen LogP contribution >= 0.6 is 0 Å². The zero-order valence-electron chi connectivity index (χ0n) is 11.9. The molecule has 1 N–H and O–H groups in total. The zero-order chi connectivity index (χ0) is 15.9. The van der Waals surface area contributed by atoms with Crippen molar-refractivity contribution in [2.45, 2.75) is 23.5 Å². The van der Waals surface area contributed by atoms with Crippen molar-refractivity contribution >= 4 is 10.0 Å². The molecule has 1 aliphatic heterocycles. The van der Waals surface area contributed by atoms with Crippen molar-refractivity contribution < 1.29 is 17.9 Å². The minimum Gasteiger partial charge on any atom is -0.392 e. The zero-order valence-corrected chi connectivity index (χ0v) is 12.7. The van der Waals surface area contributed by atoms with E-state index in [1.807, 2.05) is 0 Å². The molecule has 22 heavy (non-hydrogen) atoms. The fourth-order valence-corrected chi connectivity index (χ4v) is 4.35. The second kappa shape index (κ2) is 5.45. The summed E-state index contributed by atoms with van der Waals surface area (Å²) < 4.78 is 41.2. The second-order valence-electron chi connectivity index (χ2n) is 5.38. The Morgan fingerprint density at radius 2 is 2.00 bits per heavy atom. The first kappa shape index (κ1) is 15.1. The Kier molecular flexibility index (Phi) is 3.75. The van der Waals surface area contributed by atoms with Gasteiger partial charge in [-0.3, -0.25) is 4.68 Å². The van der Waals surface area contributed by atoms with Crippen LogP contribution in [-0.4, -0.2) is 40.3 Å². The molecule has 6 nitrogen and oxygen atoms in total. The molecule has 0 bridgehead atoms. The van der Waals surface area contributed by atoms with Gasteiger partial charge in [-0.05, 0) is 24.1 Å². The SMILES string of the molecule is Cn1cc(S(=O)(=O)N2C[C@H](O)C[C@H]2c2ccc(F)cc2)cn1. The summed E-state index contributed by atoms with van der Waals surface area (Å²) in [6, 6.07) is 5.15. The Morgan fingerprint density at radius 3 is 2.59 bits per heavy atom. The van der Waals surface area contributed by atoms with Gasteiger partial charge in [0, 0.05) is 19.8 Å². The van der Waals surface area contributed by atoms with Crippen LogP contribution in [0.3, 0.4) is 0 Å². The number of rotatable bonds is 3. The fourth-order valence-electron chi connectivity index (χ4n) is 2.71. The summed E-state index contributed by atoms with van der Waals surface area (Å²) in [4.78, 5) is 0.0798. The molecule has 2 aromatic rings. The van der Waals surface area contributed by atoms with Gasteiger partial charge in [-0.25, -0.2) is 12.8 Å². The first-order chi connectivity index (χ1) is 10.4. The van der Waals surface area contributed by atoms with E-state index >= 15 is 0 Å². The average Bonchev–Trinajstić information content (AvgIpc) is 3.06. The molecule has 0 radical (unpaired) electrons. The highest BCUT2D eigenvalue weighted by molar-refractivity contribution is 7.89. The van der Waals surface area contributed by atoms with E-state index < -0.39 is 22.2 Å². The first-order valence-electron chi connectivity index (χ1n) is 6.82. The smallest absolute Gasteiger partial charge is 0.246 e. The monoisotopic (exact) mass is 325 g/mol. The second-order valence-corrected chi connectivity index (χ2v) is 7.27. The lowest BCUT2D eigenvalue weighted by molar-refractivity contribution is 0.188. The molecule has 2 heterocycles. The summed E-state index contributed by atoms with van der Waals surface area (Å²) in [7, 11) is -2.13. The van der Waals surface area contributed by atoms with Crippen LogP contribution in [-0.2, 0) is 17.1 Å². The van der Waals surface area contributed by atoms with Gasteiger partial charge in [0.05, 0.1) is 18.3 Å². The van der Waals surface area contributed by atoms with E-state index in [0.29, 0.717) is 5.56 Å². The summed E-state index contributed by atoms with van der Waals surface area (Å²) >= 11 is 0. The van der Waals surface area contributed by atoms with Crippen LogP contribution in [0.25, 0.3) is 0 Å². The Balaban J connectivity index is 1.98. The highest BCUT2D eigenvalue weighted by Crippen LogP contribution is 2.36. The normalized spacial score (nSPS) is 23.0. The molecule has 1 aliphatic rings. The number of β-amino-alcohol motifs (C(OH)–C–C–N with tert-alkyl or cyclic N) is 1. The number of halogens is 1. The predicted octanol–water partition coefficient (Wildman–Crippen LogP) is 1.06. The van der Waals surface area contributed by atoms with Crippen LogP contribution in [0.5, 0.6) is 0 Å². The van der Waals surface area contributed by atoms with Crippen molar-refractivity contribution in [3.05, 3.63) is 48.0 Å². The lowest BCUT2D eigenvalue weighted by atomic mass is 10.0. The number of sulfonamides is 1. The van der Waals surface area contributed by atoms with Crippen molar-refractivity contribution in [1.29, 1.82) is 0 Å². The molecule has 0 unspecified atom stereocenters. The van der Waals surface area contributed by atoms with E-state index in [4.69, 9.17) is 0 Å². The highest BCUT2D eigenvalue weighted by Gasteiger charge is 2.40. The summed E-state index contributed by atoms with van der Waals surface area (Å²) in [5.41, 5.74) is 0.658. The number of aliphatic hydroxyl groups is 1. The van der Waals surface area contributed by atoms with Crippen LogP contribution in [0.2, 0.25) is 0 Å². The number of benzene rings is 1. The van der Waals surface area contributed by atoms with Crippen molar-refractivity contribution in [1.82, 2.24) is 14.1 Å². The molecule has 0 saturated carbocycles. The fraction of sp³-hybridized carbons (Fsp3) is 0.357. The number of hydrogen-bond acceptors (Lipinski definition) is 4. The van der Waals surface area contributed by atoms with Crippen molar-refractivity contribution in [3.8, 4) is 0 Å². The van der Waals surface area contributed by atoms with Gasteiger partial charge in [0.1, 0.15) is 10.7 Å². The first-order valence-corrected chi connectivity index (χ1v) is 8.26. The molecule has 1 saturated heterocycles. The van der Waals surface area contributed by atoms with Gasteiger partial charge in [0.15, 0.2) is 0 Å². The standard InChI is InChI=1S/C14H16FN3O3S/c1-17-9-13(7-16-17)22(20,21)18-8-12(19)6-14(18)10-2-4-11(15)5-3-10/h2-5,7,9,12,14,19H,6,8H2,1H3/t12-,14+/m1/s1. The van der Waals surface area contributed by atoms with Gasteiger partial charge in [0.2, 0.25) is 10.0 Å². The number of hydrogen-bond donors (Lipinski definition) is 1. The van der Waals surface area contributed by atoms with Crippen molar-refractivity contribution in [2.24, 2.45) is 7.05 Å². The van der Waals surface area contributed by atoms with Crippen molar-refractivity contribution in [3.63, 3.8) is 0 Å². The molecule has 0 spiro atoms. The van der Waals surface area contributed by atoms with Gasteiger partial charge in [-0.2, -0.15) is 9.40 Å². The third-order valence-corrected chi connectivity index (χ3v) is 5.60. The van der Waals surface area contributed by atoms with Gasteiger partial charge in [-0.15, -0.1) is 0 Å². The minimum atomic E-state index is -3.76. The Labute approximate surface area is 127 Å². The van der Waals surface area contributed by atoms with Crippen LogP contribution in [0, 0.1) is 5.82 Å². The summed E-state index contributed by atoms with van der Waals surface area (Å²) in [6.45, 7) is 0.0132. The van der Waals surface area contributed by atoms with Gasteiger partial charge in [0.25, 0.3) is 0 Å². The van der Waals surface area contributed by atoms with Crippen LogP contribution < -0.4 is 0 Å². The molecule has 2 atom stereocenters. The summed E-state index contributed by atoms with van der Waals surface area (Å²) in [5, 5.41) is 13.8. The van der Waals surface area contributed by atoms with E-state index in [1.54, 1.807) is 19.2 Å². The van der Waals surface area contributed by atoms with E-state index in [-0.39, 0.29) is 23.7 Å². The van der Waals surface area contributed by atoms with Crippen LogP contribution in [0.4, 0.5) is 4.39 Å². The van der Waals surface area contributed by atoms with Gasteiger partial charge >= 0.3 is 0 Å². The van der Waals surface area contributed by atoms with Crippen molar-refractivity contribution in [2.75, 3.05) is 6.54 Å². The summed E-state index contributed by atoms with van der Waals surface area (Å²) in [6.07, 6.45) is 2.23. The number of aryl methyl sites for hydroxylation is 1. The summed E-state index contributed by atoms with van der Waals surface area (Å²) in [5.74, 6) is -0.385. The predicted molar refractivity (Wildman–Crippen MR) is 76.9 cm³/mol. The molecular formula is C14H16FN3O3S. The lowest BCUT2D eigenvalue weighted by Crippen LogP contribution is -2.31.